The van der Waals surface area contributed by atoms with Gasteiger partial charge in [-0.15, -0.1) is 0 Å². The molecule has 0 spiro atoms. The first-order chi connectivity index (χ1) is 16.9. The molecule has 1 saturated carbocycles. The van der Waals surface area contributed by atoms with Crippen molar-refractivity contribution in [2.45, 2.75) is 62.9 Å². The number of benzene rings is 1. The number of amides is 1. The van der Waals surface area contributed by atoms with E-state index in [2.05, 4.69) is 15.4 Å². The van der Waals surface area contributed by atoms with E-state index in [1.54, 1.807) is 35.1 Å². The highest BCUT2D eigenvalue weighted by Gasteiger charge is 2.47. The van der Waals surface area contributed by atoms with E-state index in [4.69, 9.17) is 0 Å². The second-order valence-corrected chi connectivity index (χ2v) is 9.00. The fourth-order valence-corrected chi connectivity index (χ4v) is 4.39. The molecule has 36 heavy (non-hydrogen) atoms. The Labute approximate surface area is 204 Å². The number of aryl methyl sites for hydroxylation is 1. The zero-order chi connectivity index (χ0) is 26.1. The maximum absolute atomic E-state index is 13.9. The van der Waals surface area contributed by atoms with Crippen LogP contribution in [0, 0.1) is 0 Å². The van der Waals surface area contributed by atoms with Gasteiger partial charge < -0.3 is 10.4 Å². The van der Waals surface area contributed by atoms with Crippen molar-refractivity contribution < 1.29 is 31.9 Å². The predicted molar refractivity (Wildman–Crippen MR) is 121 cm³/mol. The van der Waals surface area contributed by atoms with Crippen LogP contribution in [-0.4, -0.2) is 37.3 Å². The molecule has 0 radical (unpaired) electrons. The van der Waals surface area contributed by atoms with Crippen LogP contribution in [0.15, 0.2) is 55.0 Å². The van der Waals surface area contributed by atoms with E-state index in [1.165, 1.54) is 0 Å². The molecule has 2 N–H and O–H groups in total. The van der Waals surface area contributed by atoms with Gasteiger partial charge in [0, 0.05) is 42.9 Å². The predicted octanol–water partition coefficient (Wildman–Crippen LogP) is 5.40. The van der Waals surface area contributed by atoms with E-state index in [0.717, 1.165) is 23.4 Å². The van der Waals surface area contributed by atoms with E-state index >= 15 is 0 Å². The summed E-state index contributed by atoms with van der Waals surface area (Å²) < 4.78 is 68.8. The molecule has 1 aliphatic rings. The summed E-state index contributed by atoms with van der Waals surface area (Å²) in [6.45, 7) is 2.58. The summed E-state index contributed by atoms with van der Waals surface area (Å²) >= 11 is 0. The monoisotopic (exact) mass is 508 g/mol. The molecule has 1 aromatic carbocycles. The SMILES string of the molecule is CCn1cc(-c2cccc(C(NC(=O)c3ccnc(C(F)(F)F)c3)C3(O)CCC(F)(F)CC3)c2)cn1. The third kappa shape index (κ3) is 5.56. The average molecular weight is 508 g/mol. The normalized spacial score (nSPS) is 18.0. The molecule has 1 atom stereocenters. The Morgan fingerprint density at radius 2 is 1.86 bits per heavy atom. The van der Waals surface area contributed by atoms with E-state index in [9.17, 15) is 31.9 Å². The molecule has 11 heteroatoms. The first-order valence-corrected chi connectivity index (χ1v) is 11.5. The smallest absolute Gasteiger partial charge is 0.387 e. The minimum absolute atomic E-state index is 0.299. The van der Waals surface area contributed by atoms with Gasteiger partial charge in [-0.25, -0.2) is 8.78 Å². The summed E-state index contributed by atoms with van der Waals surface area (Å²) in [6, 6.07) is 7.43. The Balaban J connectivity index is 1.70. The van der Waals surface area contributed by atoms with Crippen molar-refractivity contribution in [1.82, 2.24) is 20.1 Å². The summed E-state index contributed by atoms with van der Waals surface area (Å²) in [6.07, 6.45) is -2.16. The highest BCUT2D eigenvalue weighted by atomic mass is 19.4. The van der Waals surface area contributed by atoms with Gasteiger partial charge in [-0.1, -0.05) is 18.2 Å². The first kappa shape index (κ1) is 25.7. The van der Waals surface area contributed by atoms with Crippen LogP contribution < -0.4 is 5.32 Å². The molecular weight excluding hydrogens is 483 g/mol. The van der Waals surface area contributed by atoms with Crippen molar-refractivity contribution in [3.05, 3.63) is 71.8 Å². The minimum atomic E-state index is -4.75. The van der Waals surface area contributed by atoms with Crippen LogP contribution >= 0.6 is 0 Å². The van der Waals surface area contributed by atoms with E-state index in [0.29, 0.717) is 18.2 Å². The number of alkyl halides is 5. The van der Waals surface area contributed by atoms with Crippen LogP contribution in [0.1, 0.15) is 60.3 Å². The standard InChI is InChI=1S/C25H25F5N4O2/c1-2-34-15-19(14-32-34)16-4-3-5-17(12-16)21(23(36)7-9-24(26,27)10-8-23)33-22(35)18-6-11-31-20(13-18)25(28,29)30/h3-6,11-15,21,36H,2,7-10H2,1H3,(H,33,35). The van der Waals surface area contributed by atoms with Crippen molar-refractivity contribution in [1.29, 1.82) is 0 Å². The largest absolute Gasteiger partial charge is 0.433 e. The quantitative estimate of drug-likeness (QED) is 0.438. The van der Waals surface area contributed by atoms with Crippen LogP contribution in [0.4, 0.5) is 22.0 Å². The summed E-state index contributed by atoms with van der Waals surface area (Å²) in [4.78, 5) is 16.3. The third-order valence-corrected chi connectivity index (χ3v) is 6.48. The molecule has 4 rings (SSSR count). The Hall–Kier alpha value is -3.34. The van der Waals surface area contributed by atoms with Crippen LogP contribution in [0.5, 0.6) is 0 Å². The van der Waals surface area contributed by atoms with Gasteiger partial charge in [0.1, 0.15) is 5.69 Å². The molecule has 2 aromatic heterocycles. The molecule has 0 aliphatic heterocycles. The van der Waals surface area contributed by atoms with Crippen molar-refractivity contribution in [2.75, 3.05) is 0 Å². The summed E-state index contributed by atoms with van der Waals surface area (Å²) in [7, 11) is 0. The van der Waals surface area contributed by atoms with Crippen molar-refractivity contribution in [3.8, 4) is 11.1 Å². The second kappa shape index (κ2) is 9.61. The number of halogens is 5. The molecule has 3 aromatic rings. The summed E-state index contributed by atoms with van der Waals surface area (Å²) in [5.74, 6) is -3.83. The van der Waals surface area contributed by atoms with Crippen LogP contribution in [-0.2, 0) is 12.7 Å². The van der Waals surface area contributed by atoms with E-state index < -0.39 is 48.2 Å². The topological polar surface area (TPSA) is 80.0 Å². The van der Waals surface area contributed by atoms with Gasteiger partial charge in [0.2, 0.25) is 5.92 Å². The number of nitrogens with one attached hydrogen (secondary N) is 1. The van der Waals surface area contributed by atoms with Gasteiger partial charge in [-0.3, -0.25) is 14.5 Å². The molecule has 1 unspecified atom stereocenters. The summed E-state index contributed by atoms with van der Waals surface area (Å²) in [5, 5.41) is 18.3. The molecule has 1 fully saturated rings. The number of aliphatic hydroxyl groups is 1. The average Bonchev–Trinajstić information content (AvgIpc) is 3.34. The fraction of sp³-hybridized carbons (Fsp3) is 0.400. The van der Waals surface area contributed by atoms with Gasteiger partial charge in [-0.2, -0.15) is 18.3 Å². The lowest BCUT2D eigenvalue weighted by atomic mass is 9.75. The Morgan fingerprint density at radius 1 is 1.14 bits per heavy atom. The molecule has 0 saturated heterocycles. The Kier molecular flexibility index (Phi) is 6.87. The zero-order valence-corrected chi connectivity index (χ0v) is 19.4. The fourth-order valence-electron chi connectivity index (χ4n) is 4.39. The number of aromatic nitrogens is 3. The molecule has 2 heterocycles. The highest BCUT2D eigenvalue weighted by molar-refractivity contribution is 5.94. The van der Waals surface area contributed by atoms with Crippen molar-refractivity contribution in [2.24, 2.45) is 0 Å². The third-order valence-electron chi connectivity index (χ3n) is 6.48. The number of hydrogen-bond donors (Lipinski definition) is 2. The molecular formula is C25H25F5N4O2. The lowest BCUT2D eigenvalue weighted by molar-refractivity contribution is -0.141. The molecule has 1 amide bonds. The number of hydrogen-bond acceptors (Lipinski definition) is 4. The molecule has 6 nitrogen and oxygen atoms in total. The van der Waals surface area contributed by atoms with Crippen LogP contribution in [0.2, 0.25) is 0 Å². The molecule has 1 aliphatic carbocycles. The molecule has 0 bridgehead atoms. The number of carbonyl (C=O) groups excluding carboxylic acids is 1. The minimum Gasteiger partial charge on any atom is -0.387 e. The lowest BCUT2D eigenvalue weighted by Crippen LogP contribution is -2.50. The van der Waals surface area contributed by atoms with Crippen LogP contribution in [0.25, 0.3) is 11.1 Å². The van der Waals surface area contributed by atoms with Crippen molar-refractivity contribution in [3.63, 3.8) is 0 Å². The van der Waals surface area contributed by atoms with Gasteiger partial charge in [0.05, 0.1) is 17.8 Å². The number of nitrogens with zero attached hydrogens (tertiary/aromatic N) is 3. The number of rotatable bonds is 6. The van der Waals surface area contributed by atoms with E-state index in [1.807, 2.05) is 13.1 Å². The van der Waals surface area contributed by atoms with Gasteiger partial charge in [-0.05, 0) is 49.1 Å². The summed E-state index contributed by atoms with van der Waals surface area (Å²) in [5.41, 5.74) is -1.36. The van der Waals surface area contributed by atoms with E-state index in [-0.39, 0.29) is 18.4 Å². The maximum atomic E-state index is 13.9. The van der Waals surface area contributed by atoms with Crippen molar-refractivity contribution >= 4 is 5.91 Å². The number of carbonyl (C=O) groups is 1. The lowest BCUT2D eigenvalue weighted by Gasteiger charge is -2.42. The highest BCUT2D eigenvalue weighted by Crippen LogP contribution is 2.45. The maximum Gasteiger partial charge on any atom is 0.433 e. The van der Waals surface area contributed by atoms with Gasteiger partial charge in [0.25, 0.3) is 5.91 Å². The molecule has 192 valence electrons. The zero-order valence-electron chi connectivity index (χ0n) is 19.4. The Bertz CT molecular complexity index is 1230. The Morgan fingerprint density at radius 3 is 2.50 bits per heavy atom. The number of pyridine rings is 1. The first-order valence-electron chi connectivity index (χ1n) is 11.5. The second-order valence-electron chi connectivity index (χ2n) is 9.00. The van der Waals surface area contributed by atoms with Crippen LogP contribution in [0.3, 0.4) is 0 Å². The van der Waals surface area contributed by atoms with Gasteiger partial charge >= 0.3 is 6.18 Å². The van der Waals surface area contributed by atoms with Gasteiger partial charge in [0.15, 0.2) is 0 Å².